The summed E-state index contributed by atoms with van der Waals surface area (Å²) in [6.45, 7) is 3.18. The SMILES string of the molecule is Cc1ccccc1-c1ccc(N2CCC(Oc3ccc(C(F)(F)F)cn3)C2)c(/C=C/C(=O)O)c1. The summed E-state index contributed by atoms with van der Waals surface area (Å²) >= 11 is 0. The molecule has 0 saturated carbocycles. The Labute approximate surface area is 195 Å². The quantitative estimate of drug-likeness (QED) is 0.461. The lowest BCUT2D eigenvalue weighted by molar-refractivity contribution is -0.138. The van der Waals surface area contributed by atoms with E-state index in [1.54, 1.807) is 6.08 Å². The van der Waals surface area contributed by atoms with Crippen LogP contribution in [0.25, 0.3) is 17.2 Å². The lowest BCUT2D eigenvalue weighted by Crippen LogP contribution is -2.25. The summed E-state index contributed by atoms with van der Waals surface area (Å²) in [5, 5.41) is 9.14. The molecule has 1 fully saturated rings. The molecule has 5 nitrogen and oxygen atoms in total. The Hall–Kier alpha value is -3.81. The van der Waals surface area contributed by atoms with Crippen LogP contribution in [0, 0.1) is 6.92 Å². The van der Waals surface area contributed by atoms with Gasteiger partial charge in [0.1, 0.15) is 6.10 Å². The van der Waals surface area contributed by atoms with E-state index in [2.05, 4.69) is 9.88 Å². The lowest BCUT2D eigenvalue weighted by atomic mass is 9.97. The van der Waals surface area contributed by atoms with Crippen molar-refractivity contribution < 1.29 is 27.8 Å². The van der Waals surface area contributed by atoms with Crippen molar-refractivity contribution in [3.63, 3.8) is 0 Å². The van der Waals surface area contributed by atoms with Gasteiger partial charge in [0.15, 0.2) is 0 Å². The van der Waals surface area contributed by atoms with Crippen LogP contribution in [0.2, 0.25) is 0 Å². The smallest absolute Gasteiger partial charge is 0.417 e. The van der Waals surface area contributed by atoms with Crippen LogP contribution >= 0.6 is 0 Å². The molecule has 176 valence electrons. The van der Waals surface area contributed by atoms with Gasteiger partial charge in [-0.1, -0.05) is 30.3 Å². The average Bonchev–Trinajstić information content (AvgIpc) is 3.26. The van der Waals surface area contributed by atoms with Crippen LogP contribution in [0.4, 0.5) is 18.9 Å². The van der Waals surface area contributed by atoms with Crippen LogP contribution in [0.5, 0.6) is 5.88 Å². The first kappa shape index (κ1) is 23.4. The summed E-state index contributed by atoms with van der Waals surface area (Å²) in [5.41, 5.74) is 3.96. The van der Waals surface area contributed by atoms with E-state index in [1.807, 2.05) is 49.4 Å². The van der Waals surface area contributed by atoms with Crippen molar-refractivity contribution in [1.29, 1.82) is 0 Å². The Morgan fingerprint density at radius 3 is 2.65 bits per heavy atom. The van der Waals surface area contributed by atoms with E-state index in [1.165, 1.54) is 6.07 Å². The van der Waals surface area contributed by atoms with E-state index in [4.69, 9.17) is 9.84 Å². The highest BCUT2D eigenvalue weighted by Gasteiger charge is 2.31. The van der Waals surface area contributed by atoms with Crippen molar-refractivity contribution in [2.24, 2.45) is 0 Å². The average molecular weight is 468 g/mol. The van der Waals surface area contributed by atoms with Gasteiger partial charge in [0.25, 0.3) is 0 Å². The third kappa shape index (κ3) is 5.39. The molecule has 1 atom stereocenters. The van der Waals surface area contributed by atoms with Crippen LogP contribution in [-0.2, 0) is 11.0 Å². The maximum atomic E-state index is 12.7. The summed E-state index contributed by atoms with van der Waals surface area (Å²) in [7, 11) is 0. The molecule has 1 unspecified atom stereocenters. The van der Waals surface area contributed by atoms with Crippen LogP contribution in [-0.4, -0.2) is 35.3 Å². The third-order valence-corrected chi connectivity index (χ3v) is 5.73. The number of ether oxygens (including phenoxy) is 1. The number of hydrogen-bond donors (Lipinski definition) is 1. The standard InChI is InChI=1S/C26H23F3N2O3/c1-17-4-2-3-5-22(17)18-6-9-23(19(14-18)7-11-25(32)33)31-13-12-21(16-31)34-24-10-8-20(15-30-24)26(27,28)29/h2-11,14-15,21H,12-13,16H2,1H3,(H,32,33)/b11-7+. The Bertz CT molecular complexity index is 1210. The second-order valence-corrected chi connectivity index (χ2v) is 8.12. The number of carboxylic acid groups (broad SMARTS) is 1. The van der Waals surface area contributed by atoms with E-state index in [-0.39, 0.29) is 12.0 Å². The Morgan fingerprint density at radius 1 is 1.18 bits per heavy atom. The molecule has 2 aromatic carbocycles. The number of nitrogens with zero attached hydrogens (tertiary/aromatic N) is 2. The van der Waals surface area contributed by atoms with Crippen molar-refractivity contribution in [2.45, 2.75) is 25.6 Å². The van der Waals surface area contributed by atoms with Gasteiger partial charge in [0.2, 0.25) is 5.88 Å². The largest absolute Gasteiger partial charge is 0.478 e. The van der Waals surface area contributed by atoms with Crippen molar-refractivity contribution >= 4 is 17.7 Å². The Balaban J connectivity index is 1.54. The molecule has 1 aliphatic heterocycles. The molecule has 0 spiro atoms. The molecule has 8 heteroatoms. The molecule has 3 aromatic rings. The van der Waals surface area contributed by atoms with Crippen LogP contribution in [0.1, 0.15) is 23.1 Å². The number of aliphatic carboxylic acids is 1. The van der Waals surface area contributed by atoms with E-state index in [0.717, 1.165) is 46.3 Å². The summed E-state index contributed by atoms with van der Waals surface area (Å²) in [4.78, 5) is 17.0. The zero-order chi connectivity index (χ0) is 24.3. The first-order valence-electron chi connectivity index (χ1n) is 10.8. The van der Waals surface area contributed by atoms with Crippen LogP contribution in [0.3, 0.4) is 0 Å². The van der Waals surface area contributed by atoms with Crippen molar-refractivity contribution in [1.82, 2.24) is 4.98 Å². The maximum absolute atomic E-state index is 12.7. The minimum atomic E-state index is -4.44. The van der Waals surface area contributed by atoms with E-state index >= 15 is 0 Å². The fourth-order valence-corrected chi connectivity index (χ4v) is 4.03. The van der Waals surface area contributed by atoms with E-state index in [0.29, 0.717) is 19.5 Å². The summed E-state index contributed by atoms with van der Waals surface area (Å²) < 4.78 is 44.0. The highest BCUT2D eigenvalue weighted by Crippen LogP contribution is 2.33. The number of carboxylic acids is 1. The van der Waals surface area contributed by atoms with Gasteiger partial charge in [-0.25, -0.2) is 9.78 Å². The number of carbonyl (C=O) groups is 1. The number of halogens is 3. The number of aromatic nitrogens is 1. The molecule has 34 heavy (non-hydrogen) atoms. The molecule has 1 N–H and O–H groups in total. The van der Waals surface area contributed by atoms with Gasteiger partial charge >= 0.3 is 12.1 Å². The number of benzene rings is 2. The molecule has 0 amide bonds. The molecule has 0 bridgehead atoms. The Kier molecular flexibility index (Phi) is 6.58. The minimum absolute atomic E-state index is 0.140. The van der Waals surface area contributed by atoms with Crippen LogP contribution < -0.4 is 9.64 Å². The van der Waals surface area contributed by atoms with Crippen LogP contribution in [0.15, 0.2) is 66.9 Å². The molecule has 0 aliphatic carbocycles. The van der Waals surface area contributed by atoms with Gasteiger partial charge in [0, 0.05) is 37.0 Å². The summed E-state index contributed by atoms with van der Waals surface area (Å²) in [6.07, 6.45) is -0.593. The predicted molar refractivity (Wildman–Crippen MR) is 124 cm³/mol. The third-order valence-electron chi connectivity index (χ3n) is 5.73. The van der Waals surface area contributed by atoms with E-state index < -0.39 is 17.7 Å². The van der Waals surface area contributed by atoms with Gasteiger partial charge in [-0.15, -0.1) is 0 Å². The summed E-state index contributed by atoms with van der Waals surface area (Å²) in [5.74, 6) is -0.899. The first-order chi connectivity index (χ1) is 16.2. The molecule has 0 radical (unpaired) electrons. The van der Waals surface area contributed by atoms with Gasteiger partial charge in [-0.05, 0) is 53.5 Å². The highest BCUT2D eigenvalue weighted by molar-refractivity contribution is 5.88. The fourth-order valence-electron chi connectivity index (χ4n) is 4.03. The van der Waals surface area contributed by atoms with Gasteiger partial charge in [-0.2, -0.15) is 13.2 Å². The molecule has 4 rings (SSSR count). The van der Waals surface area contributed by atoms with E-state index in [9.17, 15) is 18.0 Å². The Morgan fingerprint density at radius 2 is 1.97 bits per heavy atom. The number of rotatable bonds is 6. The predicted octanol–water partition coefficient (Wildman–Crippen LogP) is 5.83. The molecular weight excluding hydrogens is 445 g/mol. The zero-order valence-corrected chi connectivity index (χ0v) is 18.4. The molecule has 1 aliphatic rings. The number of alkyl halides is 3. The maximum Gasteiger partial charge on any atom is 0.417 e. The molecule has 1 aromatic heterocycles. The fraction of sp³-hybridized carbons (Fsp3) is 0.231. The van der Waals surface area contributed by atoms with Crippen molar-refractivity contribution in [3.8, 4) is 17.0 Å². The monoisotopic (exact) mass is 468 g/mol. The number of pyridine rings is 1. The second kappa shape index (κ2) is 9.59. The minimum Gasteiger partial charge on any atom is -0.478 e. The van der Waals surface area contributed by atoms with Gasteiger partial charge in [-0.3, -0.25) is 0 Å². The second-order valence-electron chi connectivity index (χ2n) is 8.12. The topological polar surface area (TPSA) is 62.7 Å². The zero-order valence-electron chi connectivity index (χ0n) is 18.4. The molecule has 1 saturated heterocycles. The van der Waals surface area contributed by atoms with Crippen molar-refractivity contribution in [2.75, 3.05) is 18.0 Å². The molecular formula is C26H23F3N2O3. The lowest BCUT2D eigenvalue weighted by Gasteiger charge is -2.22. The highest BCUT2D eigenvalue weighted by atomic mass is 19.4. The summed E-state index contributed by atoms with van der Waals surface area (Å²) in [6, 6.07) is 16.1. The number of anilines is 1. The number of hydrogen-bond acceptors (Lipinski definition) is 4. The van der Waals surface area contributed by atoms with Crippen molar-refractivity contribution in [3.05, 3.63) is 83.6 Å². The van der Waals surface area contributed by atoms with Gasteiger partial charge < -0.3 is 14.7 Å². The first-order valence-corrected chi connectivity index (χ1v) is 10.8. The van der Waals surface area contributed by atoms with Gasteiger partial charge in [0.05, 0.1) is 12.1 Å². The number of aryl methyl sites for hydroxylation is 1. The normalized spacial score (nSPS) is 16.2. The molecule has 2 heterocycles.